The van der Waals surface area contributed by atoms with Gasteiger partial charge in [-0.1, -0.05) is 25.3 Å². The van der Waals surface area contributed by atoms with Crippen LogP contribution < -0.4 is 20.1 Å². The second kappa shape index (κ2) is 9.95. The van der Waals surface area contributed by atoms with Gasteiger partial charge in [-0.2, -0.15) is 4.68 Å². The van der Waals surface area contributed by atoms with Gasteiger partial charge in [0.25, 0.3) is 0 Å². The number of aromatic nitrogens is 4. The van der Waals surface area contributed by atoms with Crippen molar-refractivity contribution >= 4 is 17.7 Å². The van der Waals surface area contributed by atoms with Crippen molar-refractivity contribution in [2.45, 2.75) is 38.1 Å². The van der Waals surface area contributed by atoms with Crippen LogP contribution in [0.15, 0.2) is 41.2 Å². The van der Waals surface area contributed by atoms with Gasteiger partial charge in [0, 0.05) is 11.7 Å². The summed E-state index contributed by atoms with van der Waals surface area (Å²) >= 11 is 0. The molecule has 0 saturated heterocycles. The highest BCUT2D eigenvalue weighted by molar-refractivity contribution is 5.97. The third kappa shape index (κ3) is 4.46. The molecule has 1 amide bonds. The molecule has 0 atom stereocenters. The summed E-state index contributed by atoms with van der Waals surface area (Å²) in [7, 11) is 2.66. The number of hydrogen-bond acceptors (Lipinski definition) is 7. The van der Waals surface area contributed by atoms with Gasteiger partial charge < -0.3 is 14.6 Å². The number of carboxylic acid groups (broad SMARTS) is 1. The van der Waals surface area contributed by atoms with Crippen LogP contribution in [-0.4, -0.2) is 57.2 Å². The van der Waals surface area contributed by atoms with E-state index in [-0.39, 0.29) is 34.5 Å². The number of anilines is 1. The molecule has 1 N–H and O–H groups in total. The fourth-order valence-electron chi connectivity index (χ4n) is 4.30. The average Bonchev–Trinajstić information content (AvgIpc) is 3.25. The molecule has 12 heteroatoms. The molecule has 4 rings (SSSR count). The zero-order valence-electron chi connectivity index (χ0n) is 19.2. The Kier molecular flexibility index (Phi) is 6.80. The Morgan fingerprint density at radius 2 is 1.77 bits per heavy atom. The molecular weight excluding hydrogens is 461 g/mol. The van der Waals surface area contributed by atoms with Crippen molar-refractivity contribution in [3.05, 3.63) is 58.3 Å². The smallest absolute Gasteiger partial charge is 0.377 e. The van der Waals surface area contributed by atoms with E-state index in [0.717, 1.165) is 25.3 Å². The molecule has 2 aromatic carbocycles. The van der Waals surface area contributed by atoms with E-state index < -0.39 is 23.5 Å². The van der Waals surface area contributed by atoms with E-state index in [2.05, 4.69) is 10.4 Å². The average molecular weight is 485 g/mol. The number of carboxylic acids is 1. The Bertz CT molecular complexity index is 1310. The third-order valence-corrected chi connectivity index (χ3v) is 5.98. The number of aromatic carboxylic acids is 1. The molecule has 35 heavy (non-hydrogen) atoms. The summed E-state index contributed by atoms with van der Waals surface area (Å²) in [5, 5.41) is 17.0. The fourth-order valence-corrected chi connectivity index (χ4v) is 4.30. The number of halogens is 1. The highest BCUT2D eigenvalue weighted by atomic mass is 19.1. The Balaban J connectivity index is 1.81. The number of hydrogen-bond donors (Lipinski definition) is 1. The molecule has 1 saturated carbocycles. The van der Waals surface area contributed by atoms with Gasteiger partial charge in [-0.25, -0.2) is 18.8 Å². The largest absolute Gasteiger partial charge is 0.496 e. The summed E-state index contributed by atoms with van der Waals surface area (Å²) in [6.45, 7) is 0. The minimum Gasteiger partial charge on any atom is -0.496 e. The van der Waals surface area contributed by atoms with E-state index in [1.807, 2.05) is 0 Å². The van der Waals surface area contributed by atoms with Crippen molar-refractivity contribution < 1.29 is 28.6 Å². The number of tetrazole rings is 1. The van der Waals surface area contributed by atoms with Crippen LogP contribution in [0.5, 0.6) is 11.5 Å². The van der Waals surface area contributed by atoms with Crippen LogP contribution in [0.2, 0.25) is 0 Å². The highest BCUT2D eigenvalue weighted by Crippen LogP contribution is 2.31. The second-order valence-corrected chi connectivity index (χ2v) is 8.01. The maximum Gasteiger partial charge on any atom is 0.377 e. The lowest BCUT2D eigenvalue weighted by atomic mass is 9.94. The van der Waals surface area contributed by atoms with E-state index in [0.29, 0.717) is 22.2 Å². The monoisotopic (exact) mass is 485 g/mol. The number of amides is 1. The minimum absolute atomic E-state index is 0.0389. The predicted octanol–water partition coefficient (Wildman–Crippen LogP) is 3.09. The molecule has 184 valence electrons. The van der Waals surface area contributed by atoms with Crippen molar-refractivity contribution in [1.29, 1.82) is 0 Å². The fraction of sp³-hybridized carbons (Fsp3) is 0.348. The zero-order chi connectivity index (χ0) is 25.1. The molecule has 0 aliphatic heterocycles. The van der Waals surface area contributed by atoms with Crippen LogP contribution in [0.4, 0.5) is 14.9 Å². The number of benzene rings is 2. The first kappa shape index (κ1) is 23.9. The van der Waals surface area contributed by atoms with Gasteiger partial charge in [0.1, 0.15) is 22.7 Å². The van der Waals surface area contributed by atoms with E-state index in [9.17, 15) is 23.9 Å². The van der Waals surface area contributed by atoms with Gasteiger partial charge in [0.2, 0.25) is 0 Å². The lowest BCUT2D eigenvalue weighted by Crippen LogP contribution is -2.47. The van der Waals surface area contributed by atoms with E-state index in [1.54, 1.807) is 6.07 Å². The molecule has 1 aliphatic carbocycles. The SMILES string of the molecule is COc1ccc(N(C(=O)n2nnn(-c3c(F)cccc3OC)c2=O)C2CCCCC2)cc1C(=O)O. The van der Waals surface area contributed by atoms with Crippen LogP contribution in [0.3, 0.4) is 0 Å². The lowest BCUT2D eigenvalue weighted by Gasteiger charge is -2.33. The topological polar surface area (TPSA) is 129 Å². The molecular formula is C23H24FN5O6. The van der Waals surface area contributed by atoms with E-state index >= 15 is 0 Å². The van der Waals surface area contributed by atoms with Gasteiger partial charge in [0.05, 0.1) is 14.2 Å². The Labute approximate surface area is 199 Å². The van der Waals surface area contributed by atoms with Crippen LogP contribution >= 0.6 is 0 Å². The molecule has 11 nitrogen and oxygen atoms in total. The molecule has 0 unspecified atom stereocenters. The van der Waals surface area contributed by atoms with Crippen molar-refractivity contribution in [3.63, 3.8) is 0 Å². The second-order valence-electron chi connectivity index (χ2n) is 8.01. The van der Waals surface area contributed by atoms with Gasteiger partial charge in [-0.15, -0.1) is 4.68 Å². The van der Waals surface area contributed by atoms with Crippen molar-refractivity contribution in [3.8, 4) is 17.2 Å². The zero-order valence-corrected chi connectivity index (χ0v) is 19.2. The third-order valence-electron chi connectivity index (χ3n) is 5.98. The number of ether oxygens (including phenoxy) is 2. The quantitative estimate of drug-likeness (QED) is 0.528. The Morgan fingerprint density at radius 1 is 1.06 bits per heavy atom. The van der Waals surface area contributed by atoms with Crippen LogP contribution in [0.25, 0.3) is 5.69 Å². The Morgan fingerprint density at radius 3 is 2.43 bits per heavy atom. The number of carbonyl (C=O) groups is 2. The molecule has 0 spiro atoms. The highest BCUT2D eigenvalue weighted by Gasteiger charge is 2.32. The maximum atomic E-state index is 14.5. The molecule has 3 aromatic rings. The molecule has 0 radical (unpaired) electrons. The van der Waals surface area contributed by atoms with Crippen molar-refractivity contribution in [2.75, 3.05) is 19.1 Å². The van der Waals surface area contributed by atoms with Crippen LogP contribution in [0, 0.1) is 5.82 Å². The van der Waals surface area contributed by atoms with Gasteiger partial charge >= 0.3 is 17.7 Å². The van der Waals surface area contributed by atoms with E-state index in [1.165, 1.54) is 43.4 Å². The lowest BCUT2D eigenvalue weighted by molar-refractivity contribution is 0.0693. The van der Waals surface area contributed by atoms with E-state index in [4.69, 9.17) is 9.47 Å². The number of rotatable bonds is 6. The number of para-hydroxylation sites is 1. The molecule has 1 fully saturated rings. The first-order valence-electron chi connectivity index (χ1n) is 11.0. The maximum absolute atomic E-state index is 14.5. The summed E-state index contributed by atoms with van der Waals surface area (Å²) in [5.74, 6) is -1.84. The summed E-state index contributed by atoms with van der Waals surface area (Å²) in [6.07, 6.45) is 4.05. The summed E-state index contributed by atoms with van der Waals surface area (Å²) in [4.78, 5) is 39.9. The number of carbonyl (C=O) groups excluding carboxylic acids is 1. The first-order chi connectivity index (χ1) is 16.9. The normalized spacial score (nSPS) is 13.9. The van der Waals surface area contributed by atoms with Crippen LogP contribution in [-0.2, 0) is 0 Å². The summed E-state index contributed by atoms with van der Waals surface area (Å²) < 4.78 is 26.0. The van der Waals surface area contributed by atoms with Gasteiger partial charge in [-0.3, -0.25) is 4.90 Å². The Hall–Kier alpha value is -4.22. The van der Waals surface area contributed by atoms with Crippen molar-refractivity contribution in [1.82, 2.24) is 19.8 Å². The standard InChI is InChI=1S/C23H24FN5O6/c1-34-18-12-11-15(13-16(18)21(30)31)27(14-7-4-3-5-8-14)22(32)29-23(33)28(25-26-29)20-17(24)9-6-10-19(20)35-2/h6,9-14H,3-5,7-8H2,1-2H3,(H,30,31). The molecule has 1 aliphatic rings. The number of nitrogens with zero attached hydrogens (tertiary/aromatic N) is 5. The minimum atomic E-state index is -1.23. The van der Waals surface area contributed by atoms with Gasteiger partial charge in [0.15, 0.2) is 5.82 Å². The summed E-state index contributed by atoms with van der Waals surface area (Å²) in [5.41, 5.74) is -1.14. The first-order valence-corrected chi connectivity index (χ1v) is 11.0. The van der Waals surface area contributed by atoms with Crippen LogP contribution in [0.1, 0.15) is 42.5 Å². The molecule has 1 heterocycles. The summed E-state index contributed by atoms with van der Waals surface area (Å²) in [6, 6.07) is 7.18. The molecule has 0 bridgehead atoms. The van der Waals surface area contributed by atoms with Gasteiger partial charge in [-0.05, 0) is 53.6 Å². The van der Waals surface area contributed by atoms with Crippen molar-refractivity contribution in [2.24, 2.45) is 0 Å². The predicted molar refractivity (Wildman–Crippen MR) is 122 cm³/mol. The number of methoxy groups -OCH3 is 2. The molecule has 1 aromatic heterocycles.